The van der Waals surface area contributed by atoms with Gasteiger partial charge in [0.2, 0.25) is 23.6 Å². The van der Waals surface area contributed by atoms with Crippen LogP contribution in [0.1, 0.15) is 25.7 Å². The summed E-state index contributed by atoms with van der Waals surface area (Å²) in [5.74, 6) is -2.29. The van der Waals surface area contributed by atoms with Crippen LogP contribution in [0.5, 0.6) is 5.75 Å². The van der Waals surface area contributed by atoms with E-state index in [0.717, 1.165) is 0 Å². The summed E-state index contributed by atoms with van der Waals surface area (Å²) in [6.07, 6.45) is 5.12. The maximum Gasteiger partial charge on any atom is 0.234 e. The van der Waals surface area contributed by atoms with Crippen molar-refractivity contribution in [1.82, 2.24) is 9.80 Å². The van der Waals surface area contributed by atoms with Crippen molar-refractivity contribution in [2.75, 3.05) is 25.3 Å². The molecule has 10 heteroatoms. The van der Waals surface area contributed by atoms with E-state index in [1.165, 1.54) is 9.80 Å². The first kappa shape index (κ1) is 23.9. The number of amides is 4. The molecule has 8 nitrogen and oxygen atoms in total. The van der Waals surface area contributed by atoms with Crippen LogP contribution >= 0.6 is 23.2 Å². The topological polar surface area (TPSA) is 87.2 Å². The van der Waals surface area contributed by atoms with Crippen molar-refractivity contribution in [2.24, 2.45) is 23.7 Å². The molecular weight excluding hydrogens is 493 g/mol. The minimum absolute atomic E-state index is 0.0833. The van der Waals surface area contributed by atoms with E-state index in [1.807, 2.05) is 0 Å². The Morgan fingerprint density at radius 3 is 1.63 bits per heavy atom. The number of imide groups is 2. The second-order valence-corrected chi connectivity index (χ2v) is 10.3. The molecule has 5 rings (SSSR count). The smallest absolute Gasteiger partial charge is 0.234 e. The number of ether oxygens (including phenoxy) is 1. The highest BCUT2D eigenvalue weighted by Gasteiger charge is 2.51. The van der Waals surface area contributed by atoms with Crippen molar-refractivity contribution < 1.29 is 23.9 Å². The second-order valence-electron chi connectivity index (χ2n) is 9.34. The number of hydrogen-bond acceptors (Lipinski definition) is 6. The number of halogens is 2. The lowest BCUT2D eigenvalue weighted by molar-refractivity contribution is -0.140. The van der Waals surface area contributed by atoms with Gasteiger partial charge in [0.25, 0.3) is 0 Å². The van der Waals surface area contributed by atoms with E-state index in [2.05, 4.69) is 0 Å². The molecule has 4 aliphatic rings. The molecule has 0 unspecified atom stereocenters. The van der Waals surface area contributed by atoms with Crippen molar-refractivity contribution in [3.8, 4) is 5.75 Å². The van der Waals surface area contributed by atoms with Crippen LogP contribution in [-0.4, -0.2) is 53.9 Å². The molecule has 4 amide bonds. The first-order valence-corrected chi connectivity index (χ1v) is 12.3. The predicted molar refractivity (Wildman–Crippen MR) is 129 cm³/mol. The van der Waals surface area contributed by atoms with Gasteiger partial charge in [0.1, 0.15) is 19.1 Å². The molecule has 2 saturated heterocycles. The minimum Gasteiger partial charge on any atom is -0.497 e. The Kier molecular flexibility index (Phi) is 6.36. The lowest BCUT2D eigenvalue weighted by Crippen LogP contribution is -2.48. The molecule has 2 aliphatic heterocycles. The third kappa shape index (κ3) is 4.23. The second kappa shape index (κ2) is 9.32. The Bertz CT molecular complexity index is 1080. The molecule has 0 N–H and O–H groups in total. The zero-order chi connectivity index (χ0) is 24.9. The number of benzene rings is 1. The van der Waals surface area contributed by atoms with Crippen LogP contribution in [0, 0.1) is 23.7 Å². The highest BCUT2D eigenvalue weighted by molar-refractivity contribution is 6.30. The maximum atomic E-state index is 13.2. The summed E-state index contributed by atoms with van der Waals surface area (Å²) in [4.78, 5) is 56.8. The number of carbonyl (C=O) groups is 4. The monoisotopic (exact) mass is 517 g/mol. The molecule has 0 bridgehead atoms. The van der Waals surface area contributed by atoms with Gasteiger partial charge in [-0.3, -0.25) is 29.0 Å². The number of likely N-dealkylation sites (tertiary alicyclic amines) is 2. The molecule has 0 spiro atoms. The Hall–Kier alpha value is -2.84. The summed E-state index contributed by atoms with van der Waals surface area (Å²) in [6, 6.07) is 7.03. The maximum absolute atomic E-state index is 13.2. The number of nitrogens with zero attached hydrogens (tertiary/aromatic N) is 3. The first-order valence-electron chi connectivity index (χ1n) is 11.6. The molecule has 0 aromatic heterocycles. The number of rotatable bonds is 6. The van der Waals surface area contributed by atoms with E-state index in [-0.39, 0.29) is 37.0 Å². The van der Waals surface area contributed by atoms with Gasteiger partial charge >= 0.3 is 0 Å². The third-order valence-corrected chi connectivity index (χ3v) is 8.00. The molecule has 2 heterocycles. The van der Waals surface area contributed by atoms with Gasteiger partial charge in [-0.15, -0.1) is 0 Å². The normalized spacial score (nSPS) is 28.1. The fourth-order valence-electron chi connectivity index (χ4n) is 5.41. The average Bonchev–Trinajstić information content (AvgIpc) is 3.23. The zero-order valence-electron chi connectivity index (χ0n) is 19.2. The summed E-state index contributed by atoms with van der Waals surface area (Å²) in [5, 5.41) is 1.17. The molecule has 0 radical (unpaired) electrons. The van der Waals surface area contributed by atoms with Crippen molar-refractivity contribution in [3.63, 3.8) is 0 Å². The predicted octanol–water partition coefficient (Wildman–Crippen LogP) is 3.45. The summed E-state index contributed by atoms with van der Waals surface area (Å²) in [7, 11) is 1.55. The molecule has 0 saturated carbocycles. The Labute approximate surface area is 213 Å². The highest BCUT2D eigenvalue weighted by atomic mass is 35.5. The van der Waals surface area contributed by atoms with E-state index in [4.69, 9.17) is 27.9 Å². The minimum atomic E-state index is -0.483. The zero-order valence-corrected chi connectivity index (χ0v) is 20.7. The van der Waals surface area contributed by atoms with Gasteiger partial charge in [0.15, 0.2) is 0 Å². The number of anilines is 1. The van der Waals surface area contributed by atoms with E-state index < -0.39 is 23.7 Å². The van der Waals surface area contributed by atoms with E-state index in [9.17, 15) is 19.2 Å². The Morgan fingerprint density at radius 2 is 1.20 bits per heavy atom. The van der Waals surface area contributed by atoms with Crippen LogP contribution in [0.4, 0.5) is 5.69 Å². The quantitative estimate of drug-likeness (QED) is 0.537. The van der Waals surface area contributed by atoms with Crippen LogP contribution in [0.15, 0.2) is 46.5 Å². The number of hydrogen-bond donors (Lipinski definition) is 0. The number of carbonyl (C=O) groups excluding carboxylic acids is 4. The van der Waals surface area contributed by atoms with Crippen molar-refractivity contribution >= 4 is 52.5 Å². The summed E-state index contributed by atoms with van der Waals surface area (Å²) < 4.78 is 5.24. The lowest BCUT2D eigenvalue weighted by Gasteiger charge is -2.32. The van der Waals surface area contributed by atoms with Gasteiger partial charge in [-0.25, -0.2) is 0 Å². The van der Waals surface area contributed by atoms with Crippen LogP contribution in [0.25, 0.3) is 0 Å². The van der Waals surface area contributed by atoms with E-state index >= 15 is 0 Å². The van der Waals surface area contributed by atoms with Crippen molar-refractivity contribution in [2.45, 2.75) is 25.7 Å². The van der Waals surface area contributed by atoms with E-state index in [0.29, 0.717) is 47.2 Å². The molecule has 1 aromatic carbocycles. The van der Waals surface area contributed by atoms with Crippen LogP contribution < -0.4 is 9.64 Å². The summed E-state index contributed by atoms with van der Waals surface area (Å²) >= 11 is 12.3. The van der Waals surface area contributed by atoms with Crippen LogP contribution in [0.3, 0.4) is 0 Å². The van der Waals surface area contributed by atoms with Crippen molar-refractivity contribution in [3.05, 3.63) is 46.5 Å². The molecule has 4 atom stereocenters. The molecule has 2 aliphatic carbocycles. The standard InChI is InChI=1S/C25H25Cl2N3O5/c1-35-17-6-4-16(5-7-17)28(12-29-22(31)18-8-2-14(26)10-20(18)24(29)33)13-30-23(32)19-9-3-15(27)11-21(19)25(30)34/h2-7,18-21H,8-13H2,1H3/t18-,19+,20+,21-. The fourth-order valence-corrected chi connectivity index (χ4v) is 5.92. The molecule has 35 heavy (non-hydrogen) atoms. The van der Waals surface area contributed by atoms with Crippen LogP contribution in [-0.2, 0) is 19.2 Å². The van der Waals surface area contributed by atoms with Gasteiger partial charge < -0.3 is 9.64 Å². The fraction of sp³-hybridized carbons (Fsp3) is 0.440. The van der Waals surface area contributed by atoms with Gasteiger partial charge in [-0.1, -0.05) is 35.4 Å². The van der Waals surface area contributed by atoms with Gasteiger partial charge in [0, 0.05) is 15.8 Å². The number of allylic oxidation sites excluding steroid dienone is 4. The van der Waals surface area contributed by atoms with Crippen LogP contribution in [0.2, 0.25) is 0 Å². The third-order valence-electron chi connectivity index (χ3n) is 7.38. The molecule has 184 valence electrons. The summed E-state index contributed by atoms with van der Waals surface area (Å²) in [5.41, 5.74) is 0.643. The average molecular weight is 518 g/mol. The highest BCUT2D eigenvalue weighted by Crippen LogP contribution is 2.41. The van der Waals surface area contributed by atoms with Gasteiger partial charge in [-0.2, -0.15) is 0 Å². The van der Waals surface area contributed by atoms with Gasteiger partial charge in [0.05, 0.1) is 30.8 Å². The number of fused-ring (bicyclic) bond motifs is 2. The van der Waals surface area contributed by atoms with E-state index in [1.54, 1.807) is 48.4 Å². The molecular formula is C25H25Cl2N3O5. The Balaban J connectivity index is 1.41. The first-order chi connectivity index (χ1) is 16.8. The largest absolute Gasteiger partial charge is 0.497 e. The number of methoxy groups -OCH3 is 1. The van der Waals surface area contributed by atoms with Gasteiger partial charge in [-0.05, 0) is 49.9 Å². The summed E-state index contributed by atoms with van der Waals surface area (Å²) in [6.45, 7) is -0.167. The Morgan fingerprint density at radius 1 is 0.771 bits per heavy atom. The molecule has 1 aromatic rings. The van der Waals surface area contributed by atoms with Crippen molar-refractivity contribution in [1.29, 1.82) is 0 Å². The molecule has 2 fully saturated rings. The SMILES string of the molecule is COc1ccc(N(CN2C(=O)[C@H]3CC(Cl)=CC[C@H]3C2=O)CN2C(=O)[C@H]3CC=C(Cl)C[C@H]3C2=O)cc1. The lowest BCUT2D eigenvalue weighted by atomic mass is 9.85.